The maximum absolute atomic E-state index is 12.7. The summed E-state index contributed by atoms with van der Waals surface area (Å²) in [6.45, 7) is 4.58. The zero-order valence-electron chi connectivity index (χ0n) is 17.9. The number of ether oxygens (including phenoxy) is 1. The third kappa shape index (κ3) is 2.83. The molecule has 0 aromatic heterocycles. The average molecular weight is 409 g/mol. The summed E-state index contributed by atoms with van der Waals surface area (Å²) in [6.07, 6.45) is 8.92. The van der Waals surface area contributed by atoms with E-state index in [9.17, 15) is 14.7 Å². The van der Waals surface area contributed by atoms with Gasteiger partial charge in [0.15, 0.2) is 5.78 Å². The fourth-order valence-corrected chi connectivity index (χ4v) is 7.64. The van der Waals surface area contributed by atoms with Gasteiger partial charge in [-0.25, -0.2) is 4.79 Å². The van der Waals surface area contributed by atoms with Crippen LogP contribution in [0.5, 0.6) is 0 Å². The molecule has 4 aliphatic carbocycles. The summed E-state index contributed by atoms with van der Waals surface area (Å²) < 4.78 is 6.07. The van der Waals surface area contributed by atoms with Gasteiger partial charge in [0.2, 0.25) is 0 Å². The molecule has 3 fully saturated rings. The summed E-state index contributed by atoms with van der Waals surface area (Å²) in [7, 11) is 0. The number of hydrogen-bond acceptors (Lipinski definition) is 4. The lowest BCUT2D eigenvalue weighted by atomic mass is 9.46. The minimum atomic E-state index is -0.850. The Balaban J connectivity index is 1.37. The monoisotopic (exact) mass is 408 g/mol. The van der Waals surface area contributed by atoms with Crippen molar-refractivity contribution >= 4 is 11.8 Å². The fraction of sp³-hybridized carbons (Fsp3) is 0.615. The predicted molar refractivity (Wildman–Crippen MR) is 114 cm³/mol. The Labute approximate surface area is 178 Å². The zero-order valence-corrected chi connectivity index (χ0v) is 17.9. The summed E-state index contributed by atoms with van der Waals surface area (Å²) in [5.74, 6) is 1.27. The Hall–Kier alpha value is -1.94. The second-order valence-corrected chi connectivity index (χ2v) is 10.5. The number of benzene rings is 1. The third-order valence-corrected chi connectivity index (χ3v) is 9.30. The van der Waals surface area contributed by atoms with Gasteiger partial charge in [-0.3, -0.25) is 4.79 Å². The Morgan fingerprint density at radius 2 is 1.73 bits per heavy atom. The lowest BCUT2D eigenvalue weighted by Gasteiger charge is -2.59. The van der Waals surface area contributed by atoms with Crippen LogP contribution < -0.4 is 0 Å². The highest BCUT2D eigenvalue weighted by molar-refractivity contribution is 5.94. The molecular weight excluding hydrogens is 376 g/mol. The van der Waals surface area contributed by atoms with Crippen molar-refractivity contribution in [3.8, 4) is 0 Å². The third-order valence-electron chi connectivity index (χ3n) is 9.30. The van der Waals surface area contributed by atoms with Gasteiger partial charge in [-0.2, -0.15) is 0 Å². The van der Waals surface area contributed by atoms with Gasteiger partial charge < -0.3 is 9.84 Å². The van der Waals surface area contributed by atoms with E-state index in [1.54, 1.807) is 6.08 Å². The number of carbonyl (C=O) groups is 2. The van der Waals surface area contributed by atoms with E-state index in [4.69, 9.17) is 4.74 Å². The van der Waals surface area contributed by atoms with Gasteiger partial charge in [0.25, 0.3) is 0 Å². The molecule has 0 radical (unpaired) electrons. The van der Waals surface area contributed by atoms with Crippen LogP contribution in [0, 0.1) is 34.5 Å². The summed E-state index contributed by atoms with van der Waals surface area (Å²) in [5, 5.41) is 10.6. The number of aliphatic hydroxyl groups excluding tert-OH is 1. The molecule has 0 amide bonds. The molecule has 0 heterocycles. The molecule has 160 valence electrons. The van der Waals surface area contributed by atoms with E-state index < -0.39 is 6.10 Å². The fourth-order valence-electron chi connectivity index (χ4n) is 7.64. The first kappa shape index (κ1) is 20.0. The first-order valence-corrected chi connectivity index (χ1v) is 11.5. The molecule has 1 aromatic rings. The van der Waals surface area contributed by atoms with Crippen molar-refractivity contribution < 1.29 is 19.4 Å². The lowest BCUT2D eigenvalue weighted by molar-refractivity contribution is -0.142. The normalized spacial score (nSPS) is 44.7. The van der Waals surface area contributed by atoms with Gasteiger partial charge in [-0.15, -0.1) is 0 Å². The minimum absolute atomic E-state index is 0.0155. The molecule has 0 aliphatic heterocycles. The van der Waals surface area contributed by atoms with Gasteiger partial charge in [-0.1, -0.05) is 38.1 Å². The molecule has 0 saturated heterocycles. The van der Waals surface area contributed by atoms with E-state index in [-0.39, 0.29) is 34.6 Å². The number of fused-ring (bicyclic) bond motifs is 5. The average Bonchev–Trinajstić information content (AvgIpc) is 3.08. The predicted octanol–water partition coefficient (Wildman–Crippen LogP) is 4.57. The second-order valence-electron chi connectivity index (χ2n) is 10.5. The number of carbonyl (C=O) groups excluding carboxylic acids is 2. The summed E-state index contributed by atoms with van der Waals surface area (Å²) in [6, 6.07) is 9.29. The van der Waals surface area contributed by atoms with Crippen LogP contribution in [0.2, 0.25) is 0 Å². The molecule has 1 N–H and O–H groups in total. The standard InChI is InChI=1S/C26H32O4/c1-25-15-13-21(27)23(28)20(25)9-8-17-18-10-11-22(26(18,2)14-12-19(17)25)30-24(29)16-6-4-3-5-7-16/h3-7,13,15,17-20,22-23,28H,8-12,14H2,1-2H3/t17-,18-,19-,20-,22-,23+,25+,26-/m0/s1. The van der Waals surface area contributed by atoms with Crippen LogP contribution in [-0.4, -0.2) is 29.1 Å². The number of ketones is 1. The largest absolute Gasteiger partial charge is 0.458 e. The molecule has 4 heteroatoms. The molecule has 5 rings (SSSR count). The number of aliphatic hydroxyl groups is 1. The van der Waals surface area contributed by atoms with Gasteiger partial charge in [0.05, 0.1) is 5.56 Å². The van der Waals surface area contributed by atoms with Crippen LogP contribution >= 0.6 is 0 Å². The Morgan fingerprint density at radius 3 is 2.50 bits per heavy atom. The molecule has 0 unspecified atom stereocenters. The topological polar surface area (TPSA) is 63.6 Å². The maximum atomic E-state index is 12.7. The Morgan fingerprint density at radius 1 is 1.00 bits per heavy atom. The van der Waals surface area contributed by atoms with E-state index in [2.05, 4.69) is 19.9 Å². The molecule has 0 spiro atoms. The van der Waals surface area contributed by atoms with Crippen LogP contribution in [0.1, 0.15) is 62.7 Å². The van der Waals surface area contributed by atoms with E-state index >= 15 is 0 Å². The van der Waals surface area contributed by atoms with Crippen LogP contribution in [0.25, 0.3) is 0 Å². The van der Waals surface area contributed by atoms with Crippen molar-refractivity contribution in [3.05, 3.63) is 48.0 Å². The highest BCUT2D eigenvalue weighted by Gasteiger charge is 2.61. The highest BCUT2D eigenvalue weighted by Crippen LogP contribution is 2.65. The lowest BCUT2D eigenvalue weighted by Crippen LogP contribution is -2.56. The van der Waals surface area contributed by atoms with Crippen LogP contribution in [0.4, 0.5) is 0 Å². The van der Waals surface area contributed by atoms with Gasteiger partial charge >= 0.3 is 5.97 Å². The molecule has 4 nitrogen and oxygen atoms in total. The number of allylic oxidation sites excluding steroid dienone is 1. The molecular formula is C26H32O4. The first-order valence-electron chi connectivity index (χ1n) is 11.5. The van der Waals surface area contributed by atoms with E-state index in [1.165, 1.54) is 0 Å². The van der Waals surface area contributed by atoms with Crippen molar-refractivity contribution in [2.45, 2.75) is 64.6 Å². The summed E-state index contributed by atoms with van der Waals surface area (Å²) in [4.78, 5) is 24.8. The number of esters is 1. The quantitative estimate of drug-likeness (QED) is 0.728. The zero-order chi connectivity index (χ0) is 21.1. The Bertz CT molecular complexity index is 876. The minimum Gasteiger partial charge on any atom is -0.458 e. The van der Waals surface area contributed by atoms with Crippen molar-refractivity contribution in [1.82, 2.24) is 0 Å². The SMILES string of the molecule is C[C@]12C=CC(=O)[C@H](O)[C@@H]1CC[C@@H]1[C@@H]2CC[C@]2(C)[C@@H](OC(=O)c3ccccc3)CC[C@@H]12. The van der Waals surface area contributed by atoms with Crippen molar-refractivity contribution in [2.75, 3.05) is 0 Å². The molecule has 1 aromatic carbocycles. The molecule has 30 heavy (non-hydrogen) atoms. The van der Waals surface area contributed by atoms with Gasteiger partial charge in [-0.05, 0) is 79.9 Å². The summed E-state index contributed by atoms with van der Waals surface area (Å²) in [5.41, 5.74) is 0.523. The van der Waals surface area contributed by atoms with Crippen LogP contribution in [0.15, 0.2) is 42.5 Å². The molecule has 8 atom stereocenters. The van der Waals surface area contributed by atoms with E-state index in [0.717, 1.165) is 38.5 Å². The maximum Gasteiger partial charge on any atom is 0.338 e. The van der Waals surface area contributed by atoms with Gasteiger partial charge in [0.1, 0.15) is 12.2 Å². The number of hydrogen-bond donors (Lipinski definition) is 1. The summed E-state index contributed by atoms with van der Waals surface area (Å²) >= 11 is 0. The van der Waals surface area contributed by atoms with Crippen LogP contribution in [-0.2, 0) is 9.53 Å². The first-order chi connectivity index (χ1) is 14.3. The highest BCUT2D eigenvalue weighted by atomic mass is 16.5. The molecule has 4 aliphatic rings. The van der Waals surface area contributed by atoms with Crippen molar-refractivity contribution in [3.63, 3.8) is 0 Å². The van der Waals surface area contributed by atoms with Gasteiger partial charge in [0, 0.05) is 11.3 Å². The van der Waals surface area contributed by atoms with E-state index in [0.29, 0.717) is 23.3 Å². The molecule has 0 bridgehead atoms. The van der Waals surface area contributed by atoms with Crippen LogP contribution in [0.3, 0.4) is 0 Å². The number of rotatable bonds is 2. The Kier molecular flexibility index (Phi) is 4.70. The van der Waals surface area contributed by atoms with Crippen molar-refractivity contribution in [1.29, 1.82) is 0 Å². The van der Waals surface area contributed by atoms with Crippen molar-refractivity contribution in [2.24, 2.45) is 34.5 Å². The molecule has 3 saturated carbocycles. The second kappa shape index (κ2) is 7.05. The van der Waals surface area contributed by atoms with E-state index in [1.807, 2.05) is 30.3 Å². The smallest absolute Gasteiger partial charge is 0.338 e.